The summed E-state index contributed by atoms with van der Waals surface area (Å²) in [6, 6.07) is 2.16. The van der Waals surface area contributed by atoms with Crippen LogP contribution in [0.4, 0.5) is 0 Å². The fourth-order valence-corrected chi connectivity index (χ4v) is 3.11. The Bertz CT molecular complexity index is 416. The van der Waals surface area contributed by atoms with Gasteiger partial charge in [-0.1, -0.05) is 24.6 Å². The first kappa shape index (κ1) is 11.9. The van der Waals surface area contributed by atoms with E-state index in [9.17, 15) is 4.79 Å². The molecule has 0 bridgehead atoms. The van der Waals surface area contributed by atoms with Crippen LogP contribution in [0.5, 0.6) is 0 Å². The van der Waals surface area contributed by atoms with Gasteiger partial charge >= 0.3 is 5.97 Å². The lowest BCUT2D eigenvalue weighted by Crippen LogP contribution is -2.40. The number of fused-ring (bicyclic) bond motifs is 1. The molecule has 1 saturated carbocycles. The summed E-state index contributed by atoms with van der Waals surface area (Å²) in [5.74, 6) is 0.173. The fourth-order valence-electron chi connectivity index (χ4n) is 3.11. The van der Waals surface area contributed by atoms with E-state index in [2.05, 4.69) is 12.1 Å². The zero-order valence-electron chi connectivity index (χ0n) is 10.1. The highest BCUT2D eigenvalue weighted by atomic mass is 16.5. The third-order valence-electron chi connectivity index (χ3n) is 3.94. The second-order valence-corrected chi connectivity index (χ2v) is 4.78. The third kappa shape index (κ3) is 1.88. The Morgan fingerprint density at radius 3 is 3.24 bits per heavy atom. The Morgan fingerprint density at radius 2 is 2.53 bits per heavy atom. The van der Waals surface area contributed by atoms with Crippen molar-refractivity contribution in [1.29, 1.82) is 5.26 Å². The van der Waals surface area contributed by atoms with Crippen LogP contribution < -0.4 is 0 Å². The molecule has 2 unspecified atom stereocenters. The maximum atomic E-state index is 12.1. The summed E-state index contributed by atoms with van der Waals surface area (Å²) in [5.41, 5.74) is 0.427. The largest absolute Gasteiger partial charge is 0.468 e. The molecular weight excluding hydrogens is 214 g/mol. The van der Waals surface area contributed by atoms with Crippen LogP contribution in [0.15, 0.2) is 23.8 Å². The van der Waals surface area contributed by atoms with E-state index < -0.39 is 5.41 Å². The standard InChI is InChI=1S/C14H17NO2/c1-17-13(16)14(9-10-15)8-4-6-11-5-2-3-7-12(11)14/h2-3,7,11H,4-6,8-9H2,1H3. The number of ether oxygens (including phenoxy) is 1. The van der Waals surface area contributed by atoms with Crippen molar-refractivity contribution in [2.45, 2.75) is 32.1 Å². The molecule has 2 aliphatic rings. The summed E-state index contributed by atoms with van der Waals surface area (Å²) in [7, 11) is 1.41. The van der Waals surface area contributed by atoms with Crippen molar-refractivity contribution in [2.24, 2.45) is 11.3 Å². The van der Waals surface area contributed by atoms with Crippen LogP contribution in [0.3, 0.4) is 0 Å². The average molecular weight is 231 g/mol. The van der Waals surface area contributed by atoms with Gasteiger partial charge in [0.1, 0.15) is 5.41 Å². The zero-order chi connectivity index (χ0) is 12.3. The minimum atomic E-state index is -0.683. The van der Waals surface area contributed by atoms with E-state index in [0.29, 0.717) is 5.92 Å². The summed E-state index contributed by atoms with van der Waals surface area (Å²) >= 11 is 0. The molecule has 0 amide bonds. The minimum absolute atomic E-state index is 0.232. The van der Waals surface area contributed by atoms with Gasteiger partial charge in [-0.05, 0) is 30.8 Å². The van der Waals surface area contributed by atoms with Crippen LogP contribution in [0.25, 0.3) is 0 Å². The van der Waals surface area contributed by atoms with Gasteiger partial charge in [-0.2, -0.15) is 5.26 Å². The van der Waals surface area contributed by atoms with Crippen LogP contribution in [-0.2, 0) is 9.53 Å². The van der Waals surface area contributed by atoms with Crippen LogP contribution in [-0.4, -0.2) is 13.1 Å². The number of methoxy groups -OCH3 is 1. The third-order valence-corrected chi connectivity index (χ3v) is 3.94. The van der Waals surface area contributed by atoms with E-state index in [1.54, 1.807) is 0 Å². The van der Waals surface area contributed by atoms with E-state index in [1.165, 1.54) is 7.11 Å². The molecule has 0 N–H and O–H groups in total. The lowest BCUT2D eigenvalue weighted by molar-refractivity contribution is -0.151. The summed E-state index contributed by atoms with van der Waals surface area (Å²) in [6.45, 7) is 0. The molecule has 0 saturated heterocycles. The number of esters is 1. The van der Waals surface area contributed by atoms with E-state index in [4.69, 9.17) is 10.00 Å². The number of nitriles is 1. The van der Waals surface area contributed by atoms with E-state index in [0.717, 1.165) is 31.3 Å². The van der Waals surface area contributed by atoms with Crippen molar-refractivity contribution in [3.63, 3.8) is 0 Å². The maximum absolute atomic E-state index is 12.1. The van der Waals surface area contributed by atoms with Crippen molar-refractivity contribution >= 4 is 5.97 Å². The second-order valence-electron chi connectivity index (χ2n) is 4.78. The highest BCUT2D eigenvalue weighted by Gasteiger charge is 2.47. The number of hydrogen-bond donors (Lipinski definition) is 0. The second kappa shape index (κ2) is 4.75. The first-order chi connectivity index (χ1) is 8.24. The quantitative estimate of drug-likeness (QED) is 0.686. The predicted molar refractivity (Wildman–Crippen MR) is 63.9 cm³/mol. The van der Waals surface area contributed by atoms with E-state index >= 15 is 0 Å². The molecule has 2 atom stereocenters. The smallest absolute Gasteiger partial charge is 0.317 e. The molecule has 3 nitrogen and oxygen atoms in total. The Hall–Kier alpha value is -1.56. The summed E-state index contributed by atoms with van der Waals surface area (Å²) in [6.07, 6.45) is 10.2. The molecular formula is C14H17NO2. The van der Waals surface area contributed by atoms with Crippen LogP contribution in [0.2, 0.25) is 0 Å². The highest BCUT2D eigenvalue weighted by Crippen LogP contribution is 2.49. The van der Waals surface area contributed by atoms with Gasteiger partial charge in [-0.3, -0.25) is 4.79 Å². The van der Waals surface area contributed by atoms with Crippen LogP contribution in [0.1, 0.15) is 32.1 Å². The van der Waals surface area contributed by atoms with Gasteiger partial charge in [0.2, 0.25) is 0 Å². The molecule has 0 aromatic heterocycles. The molecule has 0 heterocycles. The molecule has 0 spiro atoms. The van der Waals surface area contributed by atoms with Gasteiger partial charge in [0.15, 0.2) is 0 Å². The Balaban J connectivity index is 2.42. The van der Waals surface area contributed by atoms with Gasteiger partial charge in [0.05, 0.1) is 19.6 Å². The van der Waals surface area contributed by atoms with Crippen molar-refractivity contribution in [2.75, 3.05) is 7.11 Å². The fraction of sp³-hybridized carbons (Fsp3) is 0.571. The molecule has 17 heavy (non-hydrogen) atoms. The van der Waals surface area contributed by atoms with Gasteiger partial charge in [0, 0.05) is 0 Å². The summed E-state index contributed by atoms with van der Waals surface area (Å²) in [5, 5.41) is 9.02. The lowest BCUT2D eigenvalue weighted by Gasteiger charge is -2.41. The topological polar surface area (TPSA) is 50.1 Å². The number of carbonyl (C=O) groups excluding carboxylic acids is 1. The Kier molecular flexibility index (Phi) is 3.33. The normalized spacial score (nSPS) is 31.1. The van der Waals surface area contributed by atoms with Gasteiger partial charge < -0.3 is 4.74 Å². The van der Waals surface area contributed by atoms with Crippen molar-refractivity contribution in [3.05, 3.63) is 23.8 Å². The molecule has 3 heteroatoms. The average Bonchev–Trinajstić information content (AvgIpc) is 2.38. The zero-order valence-corrected chi connectivity index (χ0v) is 10.1. The first-order valence-electron chi connectivity index (χ1n) is 6.07. The molecule has 2 aliphatic carbocycles. The SMILES string of the molecule is COC(=O)C1(CC#N)CCCC2CC=CC=C21. The molecule has 1 fully saturated rings. The molecule has 0 aromatic carbocycles. The van der Waals surface area contributed by atoms with Gasteiger partial charge in [0.25, 0.3) is 0 Å². The summed E-state index contributed by atoms with van der Waals surface area (Å²) < 4.78 is 4.94. The number of nitrogens with zero attached hydrogens (tertiary/aromatic N) is 1. The Morgan fingerprint density at radius 1 is 1.71 bits per heavy atom. The molecule has 0 aromatic rings. The van der Waals surface area contributed by atoms with Crippen LogP contribution >= 0.6 is 0 Å². The number of carbonyl (C=O) groups is 1. The van der Waals surface area contributed by atoms with Crippen molar-refractivity contribution in [1.82, 2.24) is 0 Å². The molecule has 2 rings (SSSR count). The van der Waals surface area contributed by atoms with E-state index in [1.807, 2.05) is 12.2 Å². The minimum Gasteiger partial charge on any atom is -0.468 e. The van der Waals surface area contributed by atoms with Crippen molar-refractivity contribution in [3.8, 4) is 6.07 Å². The molecule has 0 aliphatic heterocycles. The monoisotopic (exact) mass is 231 g/mol. The first-order valence-corrected chi connectivity index (χ1v) is 6.07. The molecule has 90 valence electrons. The number of rotatable bonds is 2. The lowest BCUT2D eigenvalue weighted by atomic mass is 9.62. The van der Waals surface area contributed by atoms with Gasteiger partial charge in [-0.15, -0.1) is 0 Å². The van der Waals surface area contributed by atoms with Crippen LogP contribution in [0, 0.1) is 22.7 Å². The van der Waals surface area contributed by atoms with E-state index in [-0.39, 0.29) is 12.4 Å². The molecule has 0 radical (unpaired) electrons. The number of hydrogen-bond acceptors (Lipinski definition) is 3. The predicted octanol–water partition coefficient (Wildman–Crippen LogP) is 2.75. The highest BCUT2D eigenvalue weighted by molar-refractivity contribution is 5.81. The maximum Gasteiger partial charge on any atom is 0.317 e. The van der Waals surface area contributed by atoms with Crippen molar-refractivity contribution < 1.29 is 9.53 Å². The number of allylic oxidation sites excluding steroid dienone is 3. The Labute approximate surface area is 102 Å². The van der Waals surface area contributed by atoms with Gasteiger partial charge in [-0.25, -0.2) is 0 Å². The summed E-state index contributed by atoms with van der Waals surface area (Å²) in [4.78, 5) is 12.1.